The maximum Gasteiger partial charge on any atom is 0.401 e. The molecule has 1 N–H and O–H groups in total. The van der Waals surface area contributed by atoms with E-state index in [-0.39, 0.29) is 6.61 Å². The monoisotopic (exact) mass is 237 g/mol. The molecule has 5 heteroatoms. The van der Waals surface area contributed by atoms with E-state index in [1.165, 1.54) is 4.90 Å². The number of aliphatic hydroxyl groups is 1. The van der Waals surface area contributed by atoms with Crippen LogP contribution in [-0.4, -0.2) is 42.4 Å². The molecular weight excluding hydrogens is 219 g/mol. The van der Waals surface area contributed by atoms with Gasteiger partial charge >= 0.3 is 6.18 Å². The van der Waals surface area contributed by atoms with E-state index in [0.29, 0.717) is 30.8 Å². The summed E-state index contributed by atoms with van der Waals surface area (Å²) < 4.78 is 36.6. The summed E-state index contributed by atoms with van der Waals surface area (Å²) in [5.74, 6) is 1.39. The number of alkyl halides is 3. The average Bonchev–Trinajstić information content (AvgIpc) is 2.58. The predicted octanol–water partition coefficient (Wildman–Crippen LogP) is 1.89. The van der Waals surface area contributed by atoms with Gasteiger partial charge in [0, 0.05) is 19.7 Å². The topological polar surface area (TPSA) is 23.5 Å². The number of aliphatic hydroxyl groups excluding tert-OH is 1. The van der Waals surface area contributed by atoms with Crippen LogP contribution in [0.2, 0.25) is 0 Å². The zero-order valence-electron chi connectivity index (χ0n) is 9.21. The van der Waals surface area contributed by atoms with Crippen LogP contribution >= 0.6 is 0 Å². The molecule has 0 aromatic heterocycles. The molecule has 2 atom stereocenters. The molecule has 1 aliphatic carbocycles. The number of hydrogen-bond donors (Lipinski definition) is 1. The minimum Gasteiger partial charge on any atom is -0.396 e. The van der Waals surface area contributed by atoms with Crippen molar-refractivity contribution in [3.05, 3.63) is 0 Å². The summed E-state index contributed by atoms with van der Waals surface area (Å²) in [7, 11) is 0. The van der Waals surface area contributed by atoms with Crippen LogP contribution in [0.4, 0.5) is 13.2 Å². The van der Waals surface area contributed by atoms with Crippen molar-refractivity contribution in [2.45, 2.75) is 25.4 Å². The Balaban J connectivity index is 1.80. The van der Waals surface area contributed by atoms with Gasteiger partial charge in [-0.1, -0.05) is 0 Å². The third kappa shape index (κ3) is 2.88. The van der Waals surface area contributed by atoms with Gasteiger partial charge < -0.3 is 5.11 Å². The number of likely N-dealkylation sites (tertiary alicyclic amines) is 1. The Bertz CT molecular complexity index is 230. The molecule has 16 heavy (non-hydrogen) atoms. The number of halogens is 3. The maximum absolute atomic E-state index is 12.2. The Morgan fingerprint density at radius 2 is 1.69 bits per heavy atom. The Morgan fingerprint density at radius 3 is 2.12 bits per heavy atom. The van der Waals surface area contributed by atoms with Gasteiger partial charge in [0.25, 0.3) is 0 Å². The van der Waals surface area contributed by atoms with Gasteiger partial charge in [-0.25, -0.2) is 0 Å². The summed E-state index contributed by atoms with van der Waals surface area (Å²) in [5.41, 5.74) is 0. The lowest BCUT2D eigenvalue weighted by Gasteiger charge is -2.19. The molecule has 0 spiro atoms. The van der Waals surface area contributed by atoms with Crippen molar-refractivity contribution in [2.75, 3.05) is 26.2 Å². The van der Waals surface area contributed by atoms with E-state index in [4.69, 9.17) is 5.11 Å². The maximum atomic E-state index is 12.2. The first-order chi connectivity index (χ1) is 7.48. The first kappa shape index (κ1) is 12.2. The molecule has 2 nitrogen and oxygen atoms in total. The lowest BCUT2D eigenvalue weighted by Crippen LogP contribution is -2.33. The quantitative estimate of drug-likeness (QED) is 0.810. The van der Waals surface area contributed by atoms with Crippen LogP contribution in [0.1, 0.15) is 19.3 Å². The fourth-order valence-electron chi connectivity index (χ4n) is 3.32. The molecule has 0 radical (unpaired) electrons. The molecule has 2 aliphatic rings. The molecule has 2 unspecified atom stereocenters. The van der Waals surface area contributed by atoms with E-state index >= 15 is 0 Å². The third-order valence-electron chi connectivity index (χ3n) is 3.86. The van der Waals surface area contributed by atoms with Crippen LogP contribution in [0.5, 0.6) is 0 Å². The predicted molar refractivity (Wildman–Crippen MR) is 53.9 cm³/mol. The van der Waals surface area contributed by atoms with Gasteiger partial charge in [-0.05, 0) is 37.0 Å². The molecule has 1 aliphatic heterocycles. The van der Waals surface area contributed by atoms with E-state index in [2.05, 4.69) is 0 Å². The Morgan fingerprint density at radius 1 is 1.12 bits per heavy atom. The zero-order valence-corrected chi connectivity index (χ0v) is 9.21. The summed E-state index contributed by atoms with van der Waals surface area (Å²) in [6.07, 6.45) is -1.26. The highest BCUT2D eigenvalue weighted by Gasteiger charge is 2.43. The highest BCUT2D eigenvalue weighted by atomic mass is 19.4. The molecule has 94 valence electrons. The van der Waals surface area contributed by atoms with E-state index in [1.807, 2.05) is 0 Å². The number of hydrogen-bond acceptors (Lipinski definition) is 2. The Kier molecular flexibility index (Phi) is 3.45. The van der Waals surface area contributed by atoms with Crippen LogP contribution < -0.4 is 0 Å². The van der Waals surface area contributed by atoms with Crippen LogP contribution in [-0.2, 0) is 0 Å². The van der Waals surface area contributed by atoms with Crippen LogP contribution in [0, 0.1) is 17.8 Å². The van der Waals surface area contributed by atoms with Gasteiger partial charge in [-0.3, -0.25) is 4.90 Å². The lowest BCUT2D eigenvalue weighted by molar-refractivity contribution is -0.144. The van der Waals surface area contributed by atoms with Crippen molar-refractivity contribution in [3.63, 3.8) is 0 Å². The van der Waals surface area contributed by atoms with Gasteiger partial charge in [-0.2, -0.15) is 13.2 Å². The summed E-state index contributed by atoms with van der Waals surface area (Å²) in [6.45, 7) is 0.624. The van der Waals surface area contributed by atoms with Crippen LogP contribution in [0.15, 0.2) is 0 Å². The normalized spacial score (nSPS) is 35.6. The second-order valence-electron chi connectivity index (χ2n) is 5.18. The summed E-state index contributed by atoms with van der Waals surface area (Å²) in [5, 5.41) is 8.84. The van der Waals surface area contributed by atoms with Crippen LogP contribution in [0.3, 0.4) is 0 Å². The summed E-state index contributed by atoms with van der Waals surface area (Å²) in [4.78, 5) is 1.53. The van der Waals surface area contributed by atoms with Gasteiger partial charge in [0.05, 0.1) is 6.54 Å². The fraction of sp³-hybridized carbons (Fsp3) is 1.00. The second kappa shape index (κ2) is 4.53. The third-order valence-corrected chi connectivity index (χ3v) is 3.86. The molecule has 0 aromatic carbocycles. The van der Waals surface area contributed by atoms with E-state index in [9.17, 15) is 13.2 Å². The van der Waals surface area contributed by atoms with Crippen molar-refractivity contribution in [2.24, 2.45) is 17.8 Å². The van der Waals surface area contributed by atoms with Crippen molar-refractivity contribution in [1.29, 1.82) is 0 Å². The number of nitrogens with zero attached hydrogens (tertiary/aromatic N) is 1. The lowest BCUT2D eigenvalue weighted by atomic mass is 10.0. The minimum absolute atomic E-state index is 0.205. The molecule has 1 saturated carbocycles. The Labute approximate surface area is 93.4 Å². The van der Waals surface area contributed by atoms with E-state index in [0.717, 1.165) is 19.3 Å². The van der Waals surface area contributed by atoms with Gasteiger partial charge in [0.1, 0.15) is 0 Å². The van der Waals surface area contributed by atoms with Crippen LogP contribution in [0.25, 0.3) is 0 Å². The standard InChI is InChI=1S/C11H18F3NO/c12-11(13,14)7-15-5-9-3-8(1-2-16)4-10(9)6-15/h8-10,16H,1-7H2. The summed E-state index contributed by atoms with van der Waals surface area (Å²) in [6, 6.07) is 0. The Hall–Kier alpha value is -0.290. The van der Waals surface area contributed by atoms with Gasteiger partial charge in [0.15, 0.2) is 0 Å². The highest BCUT2D eigenvalue weighted by Crippen LogP contribution is 2.43. The molecular formula is C11H18F3NO. The minimum atomic E-state index is -4.07. The number of rotatable bonds is 3. The van der Waals surface area contributed by atoms with Gasteiger partial charge in [0.2, 0.25) is 0 Å². The van der Waals surface area contributed by atoms with Crippen molar-refractivity contribution in [1.82, 2.24) is 4.90 Å². The smallest absolute Gasteiger partial charge is 0.396 e. The zero-order chi connectivity index (χ0) is 11.8. The van der Waals surface area contributed by atoms with E-state index < -0.39 is 12.7 Å². The molecule has 0 aromatic rings. The van der Waals surface area contributed by atoms with E-state index in [1.54, 1.807) is 0 Å². The fourth-order valence-corrected chi connectivity index (χ4v) is 3.32. The van der Waals surface area contributed by atoms with Crippen molar-refractivity contribution >= 4 is 0 Å². The first-order valence-corrected chi connectivity index (χ1v) is 5.88. The second-order valence-corrected chi connectivity index (χ2v) is 5.18. The molecule has 2 rings (SSSR count). The number of fused-ring (bicyclic) bond motifs is 1. The first-order valence-electron chi connectivity index (χ1n) is 5.88. The molecule has 0 amide bonds. The largest absolute Gasteiger partial charge is 0.401 e. The van der Waals surface area contributed by atoms with Gasteiger partial charge in [-0.15, -0.1) is 0 Å². The average molecular weight is 237 g/mol. The molecule has 2 fully saturated rings. The molecule has 0 bridgehead atoms. The SMILES string of the molecule is OCCC1CC2CN(CC(F)(F)F)CC2C1. The molecule has 1 heterocycles. The van der Waals surface area contributed by atoms with Crippen molar-refractivity contribution in [3.8, 4) is 0 Å². The molecule has 1 saturated heterocycles. The highest BCUT2D eigenvalue weighted by molar-refractivity contribution is 4.92. The van der Waals surface area contributed by atoms with Crippen molar-refractivity contribution < 1.29 is 18.3 Å². The summed E-state index contributed by atoms with van der Waals surface area (Å²) >= 11 is 0.